The van der Waals surface area contributed by atoms with Gasteiger partial charge in [-0.2, -0.15) is 0 Å². The van der Waals surface area contributed by atoms with Crippen LogP contribution >= 0.6 is 0 Å². The summed E-state index contributed by atoms with van der Waals surface area (Å²) in [6, 6.07) is 4.63. The van der Waals surface area contributed by atoms with E-state index in [1.54, 1.807) is 24.0 Å². The second-order valence-corrected chi connectivity index (χ2v) is 8.63. The fourth-order valence-electron chi connectivity index (χ4n) is 3.88. The first-order valence-corrected chi connectivity index (χ1v) is 9.51. The summed E-state index contributed by atoms with van der Waals surface area (Å²) in [5.74, 6) is -0.337. The molecule has 2 saturated heterocycles. The number of aryl methyl sites for hydroxylation is 1. The van der Waals surface area contributed by atoms with Crippen LogP contribution in [0.2, 0.25) is 0 Å². The van der Waals surface area contributed by atoms with Crippen LogP contribution in [-0.2, 0) is 20.7 Å². The fourth-order valence-corrected chi connectivity index (χ4v) is 3.88. The quantitative estimate of drug-likeness (QED) is 0.807. The number of Topliss-reactive ketones (excluding diaryl/α,β-unsaturated/α-hetero) is 1. The lowest BCUT2D eigenvalue weighted by Gasteiger charge is -2.47. The van der Waals surface area contributed by atoms with E-state index in [2.05, 4.69) is 0 Å². The summed E-state index contributed by atoms with van der Waals surface area (Å²) in [5, 5.41) is 0. The molecule has 148 valence electrons. The van der Waals surface area contributed by atoms with Crippen LogP contribution in [-0.4, -0.2) is 47.7 Å². The Bertz CT molecular complexity index is 713. The molecule has 2 bridgehead atoms. The maximum atomic E-state index is 13.7. The SMILES string of the molecule is Cc1ccc(CC(=O)C2CC3COCC(C2)N3C(=O)OC(C)(C)C)cc1F. The average Bonchev–Trinajstić information content (AvgIpc) is 2.55. The maximum absolute atomic E-state index is 13.7. The zero-order valence-electron chi connectivity index (χ0n) is 16.5. The summed E-state index contributed by atoms with van der Waals surface area (Å²) in [7, 11) is 0. The molecule has 0 saturated carbocycles. The van der Waals surface area contributed by atoms with Crippen molar-refractivity contribution in [2.45, 2.75) is 64.6 Å². The van der Waals surface area contributed by atoms with Gasteiger partial charge in [0.2, 0.25) is 0 Å². The lowest BCUT2D eigenvalue weighted by atomic mass is 9.81. The molecule has 27 heavy (non-hydrogen) atoms. The van der Waals surface area contributed by atoms with Crippen molar-refractivity contribution in [1.29, 1.82) is 0 Å². The molecule has 0 aromatic heterocycles. The molecule has 2 aliphatic rings. The predicted octanol–water partition coefficient (Wildman–Crippen LogP) is 3.66. The van der Waals surface area contributed by atoms with Gasteiger partial charge in [0, 0.05) is 12.3 Å². The van der Waals surface area contributed by atoms with Gasteiger partial charge in [-0.25, -0.2) is 9.18 Å². The Balaban J connectivity index is 1.67. The third kappa shape index (κ3) is 4.67. The number of amides is 1. The number of piperidine rings is 1. The van der Waals surface area contributed by atoms with Gasteiger partial charge in [0.25, 0.3) is 0 Å². The summed E-state index contributed by atoms with van der Waals surface area (Å²) >= 11 is 0. The van der Waals surface area contributed by atoms with Gasteiger partial charge in [-0.15, -0.1) is 0 Å². The third-order valence-corrected chi connectivity index (χ3v) is 5.19. The summed E-state index contributed by atoms with van der Waals surface area (Å²) in [6.07, 6.45) is 0.993. The third-order valence-electron chi connectivity index (χ3n) is 5.19. The van der Waals surface area contributed by atoms with Crippen molar-refractivity contribution in [3.05, 3.63) is 35.1 Å². The van der Waals surface area contributed by atoms with Crippen molar-refractivity contribution in [2.75, 3.05) is 13.2 Å². The van der Waals surface area contributed by atoms with E-state index in [4.69, 9.17) is 9.47 Å². The largest absolute Gasteiger partial charge is 0.444 e. The average molecular weight is 377 g/mol. The lowest BCUT2D eigenvalue weighted by Crippen LogP contribution is -2.60. The molecule has 2 aliphatic heterocycles. The normalized spacial score (nSPS) is 25.2. The first-order chi connectivity index (χ1) is 12.6. The number of carbonyl (C=O) groups is 2. The molecule has 1 amide bonds. The molecule has 1 aromatic carbocycles. The first-order valence-electron chi connectivity index (χ1n) is 9.51. The first kappa shape index (κ1) is 19.8. The van der Waals surface area contributed by atoms with Gasteiger partial charge < -0.3 is 9.47 Å². The Morgan fingerprint density at radius 3 is 2.41 bits per heavy atom. The van der Waals surface area contributed by atoms with Crippen molar-refractivity contribution in [3.8, 4) is 0 Å². The smallest absolute Gasteiger partial charge is 0.410 e. The minimum Gasteiger partial charge on any atom is -0.444 e. The molecule has 0 spiro atoms. The highest BCUT2D eigenvalue weighted by molar-refractivity contribution is 5.84. The number of benzene rings is 1. The van der Waals surface area contributed by atoms with Crippen LogP contribution in [0.1, 0.15) is 44.7 Å². The van der Waals surface area contributed by atoms with E-state index in [0.717, 1.165) is 0 Å². The van der Waals surface area contributed by atoms with Gasteiger partial charge in [-0.05, 0) is 57.7 Å². The zero-order valence-corrected chi connectivity index (χ0v) is 16.5. The van der Waals surface area contributed by atoms with Gasteiger partial charge in [0.05, 0.1) is 25.3 Å². The van der Waals surface area contributed by atoms with Crippen LogP contribution < -0.4 is 0 Å². The van der Waals surface area contributed by atoms with Crippen LogP contribution in [0.25, 0.3) is 0 Å². The lowest BCUT2D eigenvalue weighted by molar-refractivity contribution is -0.131. The number of rotatable bonds is 3. The van der Waals surface area contributed by atoms with Crippen LogP contribution in [0.4, 0.5) is 9.18 Å². The van der Waals surface area contributed by atoms with Gasteiger partial charge >= 0.3 is 6.09 Å². The van der Waals surface area contributed by atoms with Crippen molar-refractivity contribution in [1.82, 2.24) is 4.90 Å². The molecule has 2 heterocycles. The van der Waals surface area contributed by atoms with E-state index < -0.39 is 5.60 Å². The molecule has 0 aliphatic carbocycles. The highest BCUT2D eigenvalue weighted by Crippen LogP contribution is 2.34. The molecule has 2 atom stereocenters. The number of morpholine rings is 1. The van der Waals surface area contributed by atoms with E-state index >= 15 is 0 Å². The molecule has 5 nitrogen and oxygen atoms in total. The highest BCUT2D eigenvalue weighted by Gasteiger charge is 2.44. The van der Waals surface area contributed by atoms with Gasteiger partial charge in [-0.3, -0.25) is 9.69 Å². The van der Waals surface area contributed by atoms with E-state index in [0.29, 0.717) is 37.2 Å². The summed E-state index contributed by atoms with van der Waals surface area (Å²) in [5.41, 5.74) is 0.705. The number of nitrogens with zero attached hydrogens (tertiary/aromatic N) is 1. The number of hydrogen-bond acceptors (Lipinski definition) is 4. The van der Waals surface area contributed by atoms with E-state index in [-0.39, 0.29) is 42.1 Å². The Morgan fingerprint density at radius 2 is 1.85 bits per heavy atom. The predicted molar refractivity (Wildman–Crippen MR) is 99.0 cm³/mol. The number of ketones is 1. The van der Waals surface area contributed by atoms with Gasteiger partial charge in [0.15, 0.2) is 0 Å². The van der Waals surface area contributed by atoms with Crippen LogP contribution in [0.5, 0.6) is 0 Å². The molecular formula is C21H28FNO4. The second kappa shape index (κ2) is 7.58. The van der Waals surface area contributed by atoms with Crippen molar-refractivity contribution in [3.63, 3.8) is 0 Å². The second-order valence-electron chi connectivity index (χ2n) is 8.63. The molecule has 1 aromatic rings. The summed E-state index contributed by atoms with van der Waals surface area (Å²) in [6.45, 7) is 8.06. The molecule has 2 fully saturated rings. The van der Waals surface area contributed by atoms with E-state index in [1.807, 2.05) is 20.8 Å². The van der Waals surface area contributed by atoms with Crippen LogP contribution in [0, 0.1) is 18.7 Å². The molecule has 0 radical (unpaired) electrons. The molecule has 6 heteroatoms. The molecule has 3 rings (SSSR count). The summed E-state index contributed by atoms with van der Waals surface area (Å²) in [4.78, 5) is 27.1. The fraction of sp³-hybridized carbons (Fsp3) is 0.619. The number of fused-ring (bicyclic) bond motifs is 2. The maximum Gasteiger partial charge on any atom is 0.410 e. The van der Waals surface area contributed by atoms with E-state index in [1.165, 1.54) is 6.07 Å². The number of halogens is 1. The molecular weight excluding hydrogens is 349 g/mol. The van der Waals surface area contributed by atoms with Crippen molar-refractivity contribution < 1.29 is 23.5 Å². The molecule has 0 N–H and O–H groups in total. The highest BCUT2D eigenvalue weighted by atomic mass is 19.1. The van der Waals surface area contributed by atoms with Crippen LogP contribution in [0.3, 0.4) is 0 Å². The molecule has 2 unspecified atom stereocenters. The van der Waals surface area contributed by atoms with Crippen LogP contribution in [0.15, 0.2) is 18.2 Å². The van der Waals surface area contributed by atoms with E-state index in [9.17, 15) is 14.0 Å². The Labute approximate surface area is 159 Å². The van der Waals surface area contributed by atoms with Crippen molar-refractivity contribution in [2.24, 2.45) is 5.92 Å². The standard InChI is InChI=1S/C21H28FNO4/c1-13-5-6-14(7-18(13)22)8-19(24)15-9-16-11-26-12-17(10-15)23(16)20(25)27-21(2,3)4/h5-7,15-17H,8-12H2,1-4H3. The zero-order chi connectivity index (χ0) is 19.8. The van der Waals surface area contributed by atoms with Crippen molar-refractivity contribution >= 4 is 11.9 Å². The van der Waals surface area contributed by atoms with Gasteiger partial charge in [-0.1, -0.05) is 12.1 Å². The number of ether oxygens (including phenoxy) is 2. The topological polar surface area (TPSA) is 55.8 Å². The Hall–Kier alpha value is -1.95. The summed E-state index contributed by atoms with van der Waals surface area (Å²) < 4.78 is 24.9. The Morgan fingerprint density at radius 1 is 1.22 bits per heavy atom. The number of carbonyl (C=O) groups excluding carboxylic acids is 2. The van der Waals surface area contributed by atoms with Gasteiger partial charge in [0.1, 0.15) is 17.2 Å². The minimum absolute atomic E-state index is 0.0963. The monoisotopic (exact) mass is 377 g/mol. The number of hydrogen-bond donors (Lipinski definition) is 0. The Kier molecular flexibility index (Phi) is 5.56. The minimum atomic E-state index is -0.561.